The van der Waals surface area contributed by atoms with Gasteiger partial charge in [-0.15, -0.1) is 0 Å². The van der Waals surface area contributed by atoms with Gasteiger partial charge < -0.3 is 14.6 Å². The standard InChI is InChI=1S/C15H17NO6/c1-21-13(18)8-12(17)14(19)16-11(9-22-15(16)20)7-10-5-3-2-4-6-10/h2-6,11-12,17H,7-9H2,1H3/t11-,12-/m0/s1. The lowest BCUT2D eigenvalue weighted by Crippen LogP contribution is -2.46. The Hall–Kier alpha value is -2.41. The van der Waals surface area contributed by atoms with Crippen molar-refractivity contribution in [1.82, 2.24) is 4.90 Å². The number of ether oxygens (including phenoxy) is 2. The van der Waals surface area contributed by atoms with Crippen molar-refractivity contribution in [2.75, 3.05) is 13.7 Å². The predicted octanol–water partition coefficient (Wildman–Crippen LogP) is 0.500. The van der Waals surface area contributed by atoms with Crippen LogP contribution in [-0.4, -0.2) is 53.8 Å². The van der Waals surface area contributed by atoms with Gasteiger partial charge >= 0.3 is 12.1 Å². The Morgan fingerprint density at radius 3 is 2.73 bits per heavy atom. The molecular weight excluding hydrogens is 290 g/mol. The minimum Gasteiger partial charge on any atom is -0.469 e. The van der Waals surface area contributed by atoms with E-state index in [-0.39, 0.29) is 6.61 Å². The largest absolute Gasteiger partial charge is 0.469 e. The molecular formula is C15H17NO6. The number of rotatable bonds is 5. The number of esters is 1. The Kier molecular flexibility index (Phi) is 5.11. The molecule has 2 rings (SSSR count). The number of benzene rings is 1. The molecule has 22 heavy (non-hydrogen) atoms. The summed E-state index contributed by atoms with van der Waals surface area (Å²) in [5, 5.41) is 9.78. The van der Waals surface area contributed by atoms with Crippen LogP contribution >= 0.6 is 0 Å². The highest BCUT2D eigenvalue weighted by Crippen LogP contribution is 2.19. The van der Waals surface area contributed by atoms with Crippen LogP contribution in [0.1, 0.15) is 12.0 Å². The quantitative estimate of drug-likeness (QED) is 0.796. The van der Waals surface area contributed by atoms with Crippen molar-refractivity contribution in [2.24, 2.45) is 0 Å². The van der Waals surface area contributed by atoms with Crippen molar-refractivity contribution in [3.05, 3.63) is 35.9 Å². The molecule has 0 radical (unpaired) electrons. The molecule has 1 aliphatic rings. The molecule has 0 spiro atoms. The maximum atomic E-state index is 12.2. The molecule has 1 aliphatic heterocycles. The molecule has 0 bridgehead atoms. The molecule has 0 aromatic heterocycles. The molecule has 0 saturated carbocycles. The molecule has 1 N–H and O–H groups in total. The van der Waals surface area contributed by atoms with Gasteiger partial charge in [-0.25, -0.2) is 9.69 Å². The summed E-state index contributed by atoms with van der Waals surface area (Å²) in [5.41, 5.74) is 0.936. The number of carbonyl (C=O) groups is 3. The zero-order valence-electron chi connectivity index (χ0n) is 12.1. The van der Waals surface area contributed by atoms with Crippen molar-refractivity contribution in [1.29, 1.82) is 0 Å². The summed E-state index contributed by atoms with van der Waals surface area (Å²) in [4.78, 5) is 35.9. The highest BCUT2D eigenvalue weighted by Gasteiger charge is 2.40. The van der Waals surface area contributed by atoms with Gasteiger partial charge in [0.05, 0.1) is 19.6 Å². The van der Waals surface area contributed by atoms with Crippen LogP contribution in [0, 0.1) is 0 Å². The van der Waals surface area contributed by atoms with Gasteiger partial charge in [-0.2, -0.15) is 0 Å². The van der Waals surface area contributed by atoms with Crippen LogP contribution in [-0.2, 0) is 25.5 Å². The summed E-state index contributed by atoms with van der Waals surface area (Å²) >= 11 is 0. The Labute approximate surface area is 127 Å². The number of methoxy groups -OCH3 is 1. The van der Waals surface area contributed by atoms with Gasteiger partial charge in [-0.05, 0) is 12.0 Å². The van der Waals surface area contributed by atoms with Crippen LogP contribution in [0.5, 0.6) is 0 Å². The molecule has 0 unspecified atom stereocenters. The summed E-state index contributed by atoms with van der Waals surface area (Å²) in [5.74, 6) is -1.58. The summed E-state index contributed by atoms with van der Waals surface area (Å²) in [6, 6.07) is 8.81. The molecule has 1 aromatic rings. The number of amides is 2. The third-order valence-electron chi connectivity index (χ3n) is 3.39. The first-order valence-corrected chi connectivity index (χ1v) is 6.81. The van der Waals surface area contributed by atoms with E-state index < -0.39 is 36.5 Å². The van der Waals surface area contributed by atoms with Crippen molar-refractivity contribution in [2.45, 2.75) is 25.0 Å². The number of aliphatic hydroxyl groups is 1. The molecule has 1 aromatic carbocycles. The summed E-state index contributed by atoms with van der Waals surface area (Å²) in [6.45, 7) is 0.0599. The number of hydrogen-bond donors (Lipinski definition) is 1. The highest BCUT2D eigenvalue weighted by atomic mass is 16.6. The normalized spacial score (nSPS) is 18.7. The third-order valence-corrected chi connectivity index (χ3v) is 3.39. The first-order chi connectivity index (χ1) is 10.5. The average molecular weight is 307 g/mol. The molecule has 2 amide bonds. The smallest absolute Gasteiger partial charge is 0.417 e. The second kappa shape index (κ2) is 7.04. The third kappa shape index (κ3) is 3.62. The Bertz CT molecular complexity index is 558. The van der Waals surface area contributed by atoms with Crippen LogP contribution in [0.3, 0.4) is 0 Å². The molecule has 0 aliphatic carbocycles. The Morgan fingerprint density at radius 1 is 1.41 bits per heavy atom. The van der Waals surface area contributed by atoms with Gasteiger partial charge in [-0.1, -0.05) is 30.3 Å². The number of nitrogens with zero attached hydrogens (tertiary/aromatic N) is 1. The van der Waals surface area contributed by atoms with E-state index >= 15 is 0 Å². The number of carbonyl (C=O) groups excluding carboxylic acids is 3. The Morgan fingerprint density at radius 2 is 2.09 bits per heavy atom. The van der Waals surface area contributed by atoms with Crippen molar-refractivity contribution >= 4 is 18.0 Å². The Balaban J connectivity index is 2.07. The lowest BCUT2D eigenvalue weighted by atomic mass is 10.1. The molecule has 7 nitrogen and oxygen atoms in total. The van der Waals surface area contributed by atoms with Gasteiger partial charge in [-0.3, -0.25) is 9.59 Å². The second-order valence-electron chi connectivity index (χ2n) is 4.92. The van der Waals surface area contributed by atoms with Crippen LogP contribution in [0.4, 0.5) is 4.79 Å². The maximum absolute atomic E-state index is 12.2. The first-order valence-electron chi connectivity index (χ1n) is 6.81. The van der Waals surface area contributed by atoms with E-state index in [9.17, 15) is 19.5 Å². The van der Waals surface area contributed by atoms with Gasteiger partial charge in [0.25, 0.3) is 5.91 Å². The highest BCUT2D eigenvalue weighted by molar-refractivity contribution is 5.97. The molecule has 2 atom stereocenters. The zero-order valence-corrected chi connectivity index (χ0v) is 12.1. The molecule has 7 heteroatoms. The minimum absolute atomic E-state index is 0.0599. The predicted molar refractivity (Wildman–Crippen MR) is 74.8 cm³/mol. The fraction of sp³-hybridized carbons (Fsp3) is 0.400. The van der Waals surface area contributed by atoms with E-state index in [1.165, 1.54) is 0 Å². The van der Waals surface area contributed by atoms with E-state index in [0.717, 1.165) is 17.6 Å². The zero-order chi connectivity index (χ0) is 16.1. The number of aliphatic hydroxyl groups excluding tert-OH is 1. The van der Waals surface area contributed by atoms with Crippen molar-refractivity contribution in [3.63, 3.8) is 0 Å². The molecule has 1 saturated heterocycles. The van der Waals surface area contributed by atoms with E-state index in [4.69, 9.17) is 4.74 Å². The van der Waals surface area contributed by atoms with Crippen LogP contribution in [0.2, 0.25) is 0 Å². The molecule has 1 heterocycles. The van der Waals surface area contributed by atoms with Gasteiger partial charge in [0.15, 0.2) is 0 Å². The maximum Gasteiger partial charge on any atom is 0.417 e. The topological polar surface area (TPSA) is 93.1 Å². The average Bonchev–Trinajstić information content (AvgIpc) is 2.88. The van der Waals surface area contributed by atoms with Gasteiger partial charge in [0.2, 0.25) is 0 Å². The summed E-state index contributed by atoms with van der Waals surface area (Å²) in [7, 11) is 1.15. The second-order valence-corrected chi connectivity index (χ2v) is 4.92. The van der Waals surface area contributed by atoms with Gasteiger partial charge in [0, 0.05) is 0 Å². The van der Waals surface area contributed by atoms with E-state index in [0.29, 0.717) is 6.42 Å². The van der Waals surface area contributed by atoms with Crippen molar-refractivity contribution in [3.8, 4) is 0 Å². The minimum atomic E-state index is -1.63. The first kappa shape index (κ1) is 16.0. The molecule has 1 fully saturated rings. The van der Waals surface area contributed by atoms with Gasteiger partial charge in [0.1, 0.15) is 12.7 Å². The molecule has 118 valence electrons. The van der Waals surface area contributed by atoms with E-state index in [2.05, 4.69) is 4.74 Å². The fourth-order valence-corrected chi connectivity index (χ4v) is 2.26. The lowest BCUT2D eigenvalue weighted by Gasteiger charge is -2.21. The lowest BCUT2D eigenvalue weighted by molar-refractivity contribution is -0.149. The van der Waals surface area contributed by atoms with Crippen LogP contribution < -0.4 is 0 Å². The van der Waals surface area contributed by atoms with E-state index in [1.54, 1.807) is 0 Å². The number of imide groups is 1. The SMILES string of the molecule is COC(=O)C[C@H](O)C(=O)N1C(=O)OC[C@@H]1Cc1ccccc1. The van der Waals surface area contributed by atoms with E-state index in [1.807, 2.05) is 30.3 Å². The summed E-state index contributed by atoms with van der Waals surface area (Å²) < 4.78 is 9.29. The van der Waals surface area contributed by atoms with Crippen LogP contribution in [0.15, 0.2) is 30.3 Å². The monoisotopic (exact) mass is 307 g/mol. The summed E-state index contributed by atoms with van der Waals surface area (Å²) in [6.07, 6.45) is -2.52. The van der Waals surface area contributed by atoms with Crippen LogP contribution in [0.25, 0.3) is 0 Å². The number of cyclic esters (lactones) is 1. The fourth-order valence-electron chi connectivity index (χ4n) is 2.26. The van der Waals surface area contributed by atoms with Crippen molar-refractivity contribution < 1.29 is 29.0 Å². The number of hydrogen-bond acceptors (Lipinski definition) is 6.